The second-order valence-corrected chi connectivity index (χ2v) is 4.78. The van der Waals surface area contributed by atoms with E-state index >= 15 is 0 Å². The minimum atomic E-state index is 0.426. The molecule has 1 saturated heterocycles. The molecule has 3 heteroatoms. The maximum absolute atomic E-state index is 5.02. The van der Waals surface area contributed by atoms with Crippen LogP contribution in [0.5, 0.6) is 0 Å². The van der Waals surface area contributed by atoms with Crippen molar-refractivity contribution in [1.29, 1.82) is 0 Å². The molecule has 2 nitrogen and oxygen atoms in total. The van der Waals surface area contributed by atoms with Crippen molar-refractivity contribution in [3.63, 3.8) is 0 Å². The summed E-state index contributed by atoms with van der Waals surface area (Å²) in [7, 11) is 0. The molecule has 1 aliphatic carbocycles. The van der Waals surface area contributed by atoms with Gasteiger partial charge in [-0.15, -0.1) is 0 Å². The van der Waals surface area contributed by atoms with Gasteiger partial charge < -0.3 is 0 Å². The lowest BCUT2D eigenvalue weighted by atomic mass is 9.97. The molecule has 0 spiro atoms. The molecule has 1 aliphatic heterocycles. The van der Waals surface area contributed by atoms with Crippen LogP contribution in [0.3, 0.4) is 0 Å². The topological polar surface area (TPSA) is 21.3 Å². The van der Waals surface area contributed by atoms with Crippen molar-refractivity contribution in [3.05, 3.63) is 33.3 Å². The maximum atomic E-state index is 5.02. The summed E-state index contributed by atoms with van der Waals surface area (Å²) < 4.78 is 1.27. The zero-order valence-electron chi connectivity index (χ0n) is 7.85. The molecule has 0 amide bonds. The second-order valence-electron chi connectivity index (χ2n) is 3.93. The average Bonchev–Trinajstić information content (AvgIpc) is 2.55. The summed E-state index contributed by atoms with van der Waals surface area (Å²) in [6.45, 7) is 0.814. The Hall–Kier alpha value is -0.380. The molecule has 1 atom stereocenters. The number of hydrogen-bond donors (Lipinski definition) is 1. The first-order valence-electron chi connectivity index (χ1n) is 5.04. The van der Waals surface area contributed by atoms with E-state index in [0.717, 1.165) is 6.61 Å². The van der Waals surface area contributed by atoms with E-state index < -0.39 is 0 Å². The van der Waals surface area contributed by atoms with Gasteiger partial charge in [-0.2, -0.15) is 5.48 Å². The number of benzene rings is 1. The van der Waals surface area contributed by atoms with Crippen LogP contribution in [0.4, 0.5) is 0 Å². The van der Waals surface area contributed by atoms with Gasteiger partial charge >= 0.3 is 0 Å². The summed E-state index contributed by atoms with van der Waals surface area (Å²) in [5.74, 6) is 0. The largest absolute Gasteiger partial charge is 0.299 e. The van der Waals surface area contributed by atoms with Gasteiger partial charge in [0.25, 0.3) is 0 Å². The lowest BCUT2D eigenvalue weighted by Crippen LogP contribution is -2.38. The van der Waals surface area contributed by atoms with Crippen LogP contribution in [-0.2, 0) is 17.7 Å². The number of hydrogen-bond acceptors (Lipinski definition) is 2. The Labute approximate surface area is 91.7 Å². The summed E-state index contributed by atoms with van der Waals surface area (Å²) in [5, 5.41) is 0. The van der Waals surface area contributed by atoms with Crippen LogP contribution < -0.4 is 5.48 Å². The van der Waals surface area contributed by atoms with E-state index in [1.165, 1.54) is 34.9 Å². The SMILES string of the molecule is Brc1ccc(C2CON2)c2c1CCC2. The van der Waals surface area contributed by atoms with Crippen LogP contribution in [0.2, 0.25) is 0 Å². The monoisotopic (exact) mass is 253 g/mol. The highest BCUT2D eigenvalue weighted by molar-refractivity contribution is 9.10. The maximum Gasteiger partial charge on any atom is 0.0900 e. The van der Waals surface area contributed by atoms with Crippen molar-refractivity contribution in [2.75, 3.05) is 6.61 Å². The van der Waals surface area contributed by atoms with Crippen LogP contribution in [0, 0.1) is 0 Å². The van der Waals surface area contributed by atoms with Crippen molar-refractivity contribution >= 4 is 15.9 Å². The molecule has 3 rings (SSSR count). The van der Waals surface area contributed by atoms with E-state index in [1.807, 2.05) is 0 Å². The number of halogens is 1. The third-order valence-corrected chi connectivity index (χ3v) is 3.86. The molecular weight excluding hydrogens is 242 g/mol. The van der Waals surface area contributed by atoms with E-state index in [9.17, 15) is 0 Å². The number of hydroxylamine groups is 1. The second kappa shape index (κ2) is 3.33. The predicted molar refractivity (Wildman–Crippen MR) is 58.0 cm³/mol. The van der Waals surface area contributed by atoms with Gasteiger partial charge in [-0.25, -0.2) is 0 Å². The smallest absolute Gasteiger partial charge is 0.0900 e. The van der Waals surface area contributed by atoms with Crippen LogP contribution in [0.25, 0.3) is 0 Å². The first-order chi connectivity index (χ1) is 6.86. The summed E-state index contributed by atoms with van der Waals surface area (Å²) in [5.41, 5.74) is 7.48. The van der Waals surface area contributed by atoms with Gasteiger partial charge in [0.05, 0.1) is 12.6 Å². The molecule has 14 heavy (non-hydrogen) atoms. The lowest BCUT2D eigenvalue weighted by Gasteiger charge is -2.29. The van der Waals surface area contributed by atoms with Gasteiger partial charge in [0, 0.05) is 4.47 Å². The quantitative estimate of drug-likeness (QED) is 0.831. The van der Waals surface area contributed by atoms with Gasteiger partial charge in [0.2, 0.25) is 0 Å². The van der Waals surface area contributed by atoms with Crippen molar-refractivity contribution in [2.45, 2.75) is 25.3 Å². The Morgan fingerprint density at radius 2 is 2.07 bits per heavy atom. The van der Waals surface area contributed by atoms with Gasteiger partial charge in [0.15, 0.2) is 0 Å². The average molecular weight is 254 g/mol. The number of fused-ring (bicyclic) bond motifs is 1. The fourth-order valence-corrected chi connectivity index (χ4v) is 2.91. The van der Waals surface area contributed by atoms with Gasteiger partial charge in [-0.1, -0.05) is 22.0 Å². The highest BCUT2D eigenvalue weighted by atomic mass is 79.9. The Bertz CT molecular complexity index is 374. The fourth-order valence-electron chi connectivity index (χ4n) is 2.34. The molecule has 1 unspecified atom stereocenters. The summed E-state index contributed by atoms with van der Waals surface area (Å²) >= 11 is 3.62. The van der Waals surface area contributed by atoms with E-state index in [0.29, 0.717) is 6.04 Å². The molecule has 1 heterocycles. The third-order valence-electron chi connectivity index (χ3n) is 3.11. The Morgan fingerprint density at radius 1 is 1.29 bits per heavy atom. The highest BCUT2D eigenvalue weighted by Crippen LogP contribution is 2.35. The van der Waals surface area contributed by atoms with Gasteiger partial charge in [-0.3, -0.25) is 4.84 Å². The highest BCUT2D eigenvalue weighted by Gasteiger charge is 2.26. The zero-order chi connectivity index (χ0) is 9.54. The Morgan fingerprint density at radius 3 is 2.79 bits per heavy atom. The Kier molecular flexibility index (Phi) is 2.11. The Balaban J connectivity index is 2.08. The minimum Gasteiger partial charge on any atom is -0.299 e. The summed E-state index contributed by atoms with van der Waals surface area (Å²) in [4.78, 5) is 5.02. The predicted octanol–water partition coefficient (Wildman–Crippen LogP) is 2.51. The van der Waals surface area contributed by atoms with Crippen molar-refractivity contribution < 1.29 is 4.84 Å². The lowest BCUT2D eigenvalue weighted by molar-refractivity contribution is -0.1000. The van der Waals surface area contributed by atoms with Crippen molar-refractivity contribution in [3.8, 4) is 0 Å². The number of nitrogens with one attached hydrogen (secondary N) is 1. The van der Waals surface area contributed by atoms with Crippen molar-refractivity contribution in [1.82, 2.24) is 5.48 Å². The number of rotatable bonds is 1. The van der Waals surface area contributed by atoms with Gasteiger partial charge in [-0.05, 0) is 42.0 Å². The molecule has 1 aromatic carbocycles. The molecule has 1 aromatic rings. The van der Waals surface area contributed by atoms with Crippen molar-refractivity contribution in [2.24, 2.45) is 0 Å². The fraction of sp³-hybridized carbons (Fsp3) is 0.455. The van der Waals surface area contributed by atoms with Crippen LogP contribution in [-0.4, -0.2) is 6.61 Å². The van der Waals surface area contributed by atoms with Crippen LogP contribution >= 0.6 is 15.9 Å². The van der Waals surface area contributed by atoms with Crippen LogP contribution in [0.1, 0.15) is 29.2 Å². The summed E-state index contributed by atoms with van der Waals surface area (Å²) in [6, 6.07) is 4.81. The third kappa shape index (κ3) is 1.23. The molecule has 0 bridgehead atoms. The molecule has 0 aromatic heterocycles. The van der Waals surface area contributed by atoms with E-state index in [4.69, 9.17) is 4.84 Å². The van der Waals surface area contributed by atoms with E-state index in [-0.39, 0.29) is 0 Å². The standard InChI is InChI=1S/C11H12BrNO/c12-10-5-4-9(11-6-14-13-11)7-2-1-3-8(7)10/h4-5,11,13H,1-3,6H2. The molecule has 74 valence electrons. The molecule has 0 saturated carbocycles. The molecule has 2 aliphatic rings. The van der Waals surface area contributed by atoms with E-state index in [1.54, 1.807) is 5.56 Å². The summed E-state index contributed by atoms with van der Waals surface area (Å²) in [6.07, 6.45) is 3.73. The first-order valence-corrected chi connectivity index (χ1v) is 5.83. The molecular formula is C11H12BrNO. The minimum absolute atomic E-state index is 0.426. The normalized spacial score (nSPS) is 24.5. The molecule has 1 fully saturated rings. The zero-order valence-corrected chi connectivity index (χ0v) is 9.43. The molecule has 1 N–H and O–H groups in total. The molecule has 0 radical (unpaired) electrons. The van der Waals surface area contributed by atoms with Crippen LogP contribution in [0.15, 0.2) is 16.6 Å². The van der Waals surface area contributed by atoms with Gasteiger partial charge in [0.1, 0.15) is 0 Å². The van der Waals surface area contributed by atoms with E-state index in [2.05, 4.69) is 33.5 Å². The first kappa shape index (κ1) is 8.89.